The highest BCUT2D eigenvalue weighted by atomic mass is 79.9. The van der Waals surface area contributed by atoms with Crippen LogP contribution in [0.3, 0.4) is 0 Å². The van der Waals surface area contributed by atoms with E-state index < -0.39 is 0 Å². The van der Waals surface area contributed by atoms with Gasteiger partial charge in [0.1, 0.15) is 5.82 Å². The van der Waals surface area contributed by atoms with Crippen LogP contribution < -0.4 is 0 Å². The molecule has 0 saturated carbocycles. The molecule has 0 amide bonds. The maximum Gasteiger partial charge on any atom is 0.138 e. The van der Waals surface area contributed by atoms with E-state index in [1.165, 1.54) is 6.07 Å². The van der Waals surface area contributed by atoms with Crippen molar-refractivity contribution in [1.82, 2.24) is 0 Å². The lowest BCUT2D eigenvalue weighted by Crippen LogP contribution is -1.82. The Balaban J connectivity index is 3.05. The molecule has 0 bridgehead atoms. The topological polar surface area (TPSA) is 0 Å². The van der Waals surface area contributed by atoms with Crippen molar-refractivity contribution >= 4 is 31.9 Å². The molecule has 0 aliphatic carbocycles. The van der Waals surface area contributed by atoms with Crippen molar-refractivity contribution in [3.63, 3.8) is 0 Å². The van der Waals surface area contributed by atoms with Gasteiger partial charge >= 0.3 is 0 Å². The van der Waals surface area contributed by atoms with Gasteiger partial charge in [-0.2, -0.15) is 0 Å². The summed E-state index contributed by atoms with van der Waals surface area (Å²) in [5.41, 5.74) is 0.420. The van der Waals surface area contributed by atoms with Gasteiger partial charge in [0, 0.05) is 4.47 Å². The molecule has 0 unspecified atom stereocenters. The second-order valence-electron chi connectivity index (χ2n) is 2.06. The third kappa shape index (κ3) is 2.62. The predicted molar refractivity (Wildman–Crippen MR) is 54.8 cm³/mol. The lowest BCUT2D eigenvalue weighted by atomic mass is 10.2. The highest BCUT2D eigenvalue weighted by Crippen LogP contribution is 2.14. The Hall–Kier alpha value is -0.330. The van der Waals surface area contributed by atoms with E-state index in [-0.39, 0.29) is 5.82 Å². The fourth-order valence-corrected chi connectivity index (χ4v) is 1.22. The highest BCUT2D eigenvalue weighted by molar-refractivity contribution is 9.10. The number of alkyl halides is 1. The Bertz CT molecular complexity index is 336. The fraction of sp³-hybridized carbons (Fsp3) is 0.111. The van der Waals surface area contributed by atoms with Crippen molar-refractivity contribution in [2.75, 3.05) is 5.33 Å². The molecule has 0 fully saturated rings. The van der Waals surface area contributed by atoms with Crippen LogP contribution in [0.2, 0.25) is 0 Å². The monoisotopic (exact) mass is 290 g/mol. The molecule has 3 heteroatoms. The third-order valence-corrected chi connectivity index (χ3v) is 1.99. The smallest absolute Gasteiger partial charge is 0.138 e. The van der Waals surface area contributed by atoms with Gasteiger partial charge in [0.2, 0.25) is 0 Å². The first-order chi connectivity index (χ1) is 5.74. The van der Waals surface area contributed by atoms with Crippen LogP contribution in [-0.2, 0) is 0 Å². The van der Waals surface area contributed by atoms with Crippen molar-refractivity contribution in [2.45, 2.75) is 0 Å². The zero-order valence-electron chi connectivity index (χ0n) is 6.07. The van der Waals surface area contributed by atoms with Gasteiger partial charge in [-0.25, -0.2) is 4.39 Å². The summed E-state index contributed by atoms with van der Waals surface area (Å²) in [5, 5.41) is 0.555. The molecular weight excluding hydrogens is 287 g/mol. The number of rotatable bonds is 0. The molecule has 0 heterocycles. The first-order valence-electron chi connectivity index (χ1n) is 3.24. The van der Waals surface area contributed by atoms with Crippen molar-refractivity contribution in [3.8, 4) is 11.8 Å². The molecule has 0 saturated heterocycles. The van der Waals surface area contributed by atoms with Crippen molar-refractivity contribution in [3.05, 3.63) is 34.1 Å². The molecule has 0 N–H and O–H groups in total. The van der Waals surface area contributed by atoms with E-state index in [0.717, 1.165) is 4.47 Å². The molecule has 1 rings (SSSR count). The molecule has 0 aliphatic rings. The normalized spacial score (nSPS) is 8.92. The first kappa shape index (κ1) is 9.76. The van der Waals surface area contributed by atoms with E-state index in [2.05, 4.69) is 43.7 Å². The van der Waals surface area contributed by atoms with Crippen molar-refractivity contribution in [1.29, 1.82) is 0 Å². The van der Waals surface area contributed by atoms with Crippen LogP contribution in [0.25, 0.3) is 0 Å². The van der Waals surface area contributed by atoms with Gasteiger partial charge in [-0.05, 0) is 18.2 Å². The molecule has 12 heavy (non-hydrogen) atoms. The van der Waals surface area contributed by atoms with Gasteiger partial charge < -0.3 is 0 Å². The summed E-state index contributed by atoms with van der Waals surface area (Å²) in [6.07, 6.45) is 0. The molecular formula is C9H5Br2F. The summed E-state index contributed by atoms with van der Waals surface area (Å²) in [4.78, 5) is 0. The Morgan fingerprint density at radius 3 is 2.83 bits per heavy atom. The minimum Gasteiger partial charge on any atom is -0.206 e. The summed E-state index contributed by atoms with van der Waals surface area (Å²) in [7, 11) is 0. The number of hydrogen-bond acceptors (Lipinski definition) is 0. The van der Waals surface area contributed by atoms with Gasteiger partial charge in [0.05, 0.1) is 10.9 Å². The van der Waals surface area contributed by atoms with Crippen LogP contribution in [0.1, 0.15) is 5.56 Å². The minimum absolute atomic E-state index is 0.286. The van der Waals surface area contributed by atoms with E-state index in [9.17, 15) is 4.39 Å². The number of halogens is 3. The largest absolute Gasteiger partial charge is 0.206 e. The highest BCUT2D eigenvalue weighted by Gasteiger charge is 1.97. The lowest BCUT2D eigenvalue weighted by Gasteiger charge is -1.93. The summed E-state index contributed by atoms with van der Waals surface area (Å²) in [6, 6.07) is 4.70. The van der Waals surface area contributed by atoms with Gasteiger partial charge in [-0.1, -0.05) is 43.7 Å². The zero-order valence-corrected chi connectivity index (χ0v) is 9.25. The van der Waals surface area contributed by atoms with Gasteiger partial charge in [-0.3, -0.25) is 0 Å². The van der Waals surface area contributed by atoms with Crippen LogP contribution in [-0.4, -0.2) is 5.33 Å². The van der Waals surface area contributed by atoms with E-state index in [1.54, 1.807) is 12.1 Å². The summed E-state index contributed by atoms with van der Waals surface area (Å²) in [5.74, 6) is 5.15. The van der Waals surface area contributed by atoms with Gasteiger partial charge in [-0.15, -0.1) is 0 Å². The Morgan fingerprint density at radius 1 is 1.42 bits per heavy atom. The lowest BCUT2D eigenvalue weighted by molar-refractivity contribution is 0.624. The first-order valence-corrected chi connectivity index (χ1v) is 5.15. The minimum atomic E-state index is -0.286. The van der Waals surface area contributed by atoms with Crippen molar-refractivity contribution in [2.24, 2.45) is 0 Å². The summed E-state index contributed by atoms with van der Waals surface area (Å²) >= 11 is 6.38. The Kier molecular flexibility index (Phi) is 3.77. The second-order valence-corrected chi connectivity index (χ2v) is 3.54. The zero-order chi connectivity index (χ0) is 8.97. The molecule has 1 aromatic rings. The number of hydrogen-bond donors (Lipinski definition) is 0. The predicted octanol–water partition coefficient (Wildman–Crippen LogP) is 3.33. The molecule has 0 aromatic heterocycles. The van der Waals surface area contributed by atoms with E-state index in [0.29, 0.717) is 10.9 Å². The van der Waals surface area contributed by atoms with Crippen LogP contribution in [0.15, 0.2) is 22.7 Å². The van der Waals surface area contributed by atoms with Gasteiger partial charge in [0.15, 0.2) is 0 Å². The van der Waals surface area contributed by atoms with Crippen molar-refractivity contribution < 1.29 is 4.39 Å². The third-order valence-electron chi connectivity index (χ3n) is 1.22. The maximum absolute atomic E-state index is 13.0. The van der Waals surface area contributed by atoms with Crippen LogP contribution in [0.4, 0.5) is 4.39 Å². The molecule has 1 aromatic carbocycles. The maximum atomic E-state index is 13.0. The van der Waals surface area contributed by atoms with Gasteiger partial charge in [0.25, 0.3) is 0 Å². The average molecular weight is 292 g/mol. The van der Waals surface area contributed by atoms with E-state index in [4.69, 9.17) is 0 Å². The molecule has 0 atom stereocenters. The van der Waals surface area contributed by atoms with Crippen LogP contribution in [0.5, 0.6) is 0 Å². The van der Waals surface area contributed by atoms with Crippen LogP contribution >= 0.6 is 31.9 Å². The average Bonchev–Trinajstić information content (AvgIpc) is 2.07. The number of benzene rings is 1. The van der Waals surface area contributed by atoms with E-state index in [1.807, 2.05) is 0 Å². The summed E-state index contributed by atoms with van der Waals surface area (Å²) < 4.78 is 13.8. The Labute approximate surface area is 87.4 Å². The quantitative estimate of drug-likeness (QED) is 0.508. The summed E-state index contributed by atoms with van der Waals surface area (Å²) in [6.45, 7) is 0. The molecule has 62 valence electrons. The second kappa shape index (κ2) is 4.64. The SMILES string of the molecule is Fc1ccc(Br)cc1C#CCBr. The van der Waals surface area contributed by atoms with Crippen LogP contribution in [0, 0.1) is 17.7 Å². The molecule has 0 aliphatic heterocycles. The standard InChI is InChI=1S/C9H5Br2F/c10-5-1-2-7-6-8(11)3-4-9(7)12/h3-4,6H,5H2. The molecule has 0 spiro atoms. The Morgan fingerprint density at radius 2 is 2.17 bits per heavy atom. The fourth-order valence-electron chi connectivity index (χ4n) is 0.722. The molecule has 0 nitrogen and oxygen atoms in total. The molecule has 0 radical (unpaired) electrons. The van der Waals surface area contributed by atoms with E-state index >= 15 is 0 Å².